The van der Waals surface area contributed by atoms with Crippen molar-refractivity contribution in [2.45, 2.75) is 6.54 Å². The van der Waals surface area contributed by atoms with Crippen molar-refractivity contribution in [3.8, 4) is 11.5 Å². The van der Waals surface area contributed by atoms with E-state index in [-0.39, 0.29) is 25.5 Å². The van der Waals surface area contributed by atoms with Crippen molar-refractivity contribution in [1.82, 2.24) is 20.0 Å². The highest BCUT2D eigenvalue weighted by atomic mass is 16.5. The monoisotopic (exact) mass is 291 g/mol. The van der Waals surface area contributed by atoms with Gasteiger partial charge in [0.1, 0.15) is 5.69 Å². The second-order valence-corrected chi connectivity index (χ2v) is 4.23. The quantitative estimate of drug-likeness (QED) is 0.697. The summed E-state index contributed by atoms with van der Waals surface area (Å²) < 4.78 is 5.02. The molecular weight excluding hydrogens is 278 g/mol. The van der Waals surface area contributed by atoms with Crippen molar-refractivity contribution in [3.63, 3.8) is 0 Å². The molecular formula is C12H13N5O4. The average molecular weight is 291 g/mol. The first-order valence-corrected chi connectivity index (χ1v) is 6.01. The molecule has 0 atom stereocenters. The van der Waals surface area contributed by atoms with Gasteiger partial charge in [-0.15, -0.1) is 0 Å². The molecule has 0 spiro atoms. The molecule has 9 heteroatoms. The number of hydrogen-bond donors (Lipinski definition) is 2. The van der Waals surface area contributed by atoms with Crippen molar-refractivity contribution in [3.05, 3.63) is 30.3 Å². The van der Waals surface area contributed by atoms with E-state index in [1.807, 2.05) is 0 Å². The van der Waals surface area contributed by atoms with Gasteiger partial charge in [0.15, 0.2) is 0 Å². The highest BCUT2D eigenvalue weighted by Crippen LogP contribution is 2.12. The van der Waals surface area contributed by atoms with Crippen LogP contribution < -0.4 is 5.73 Å². The van der Waals surface area contributed by atoms with Crippen LogP contribution in [0.25, 0.3) is 11.5 Å². The number of amides is 1. The Kier molecular flexibility index (Phi) is 4.57. The van der Waals surface area contributed by atoms with Crippen LogP contribution in [-0.2, 0) is 16.1 Å². The molecule has 0 fully saturated rings. The zero-order valence-corrected chi connectivity index (χ0v) is 11.0. The lowest BCUT2D eigenvalue weighted by atomic mass is 10.3. The molecule has 0 aliphatic carbocycles. The molecule has 2 aromatic heterocycles. The number of primary amides is 1. The smallest absolute Gasteiger partial charge is 0.317 e. The van der Waals surface area contributed by atoms with Crippen LogP contribution in [0.4, 0.5) is 0 Å². The van der Waals surface area contributed by atoms with Crippen LogP contribution in [0.3, 0.4) is 0 Å². The number of nitrogens with zero attached hydrogens (tertiary/aromatic N) is 4. The minimum atomic E-state index is -1.08. The van der Waals surface area contributed by atoms with E-state index in [0.717, 1.165) is 0 Å². The second-order valence-electron chi connectivity index (χ2n) is 4.23. The minimum Gasteiger partial charge on any atom is -0.480 e. The zero-order chi connectivity index (χ0) is 15.2. The van der Waals surface area contributed by atoms with Crippen LogP contribution in [0.2, 0.25) is 0 Å². The predicted octanol–water partition coefficient (Wildman–Crippen LogP) is -0.496. The van der Waals surface area contributed by atoms with Gasteiger partial charge in [-0.1, -0.05) is 11.2 Å². The maximum atomic E-state index is 10.9. The Bertz CT molecular complexity index is 612. The van der Waals surface area contributed by atoms with Crippen molar-refractivity contribution in [2.75, 3.05) is 13.1 Å². The molecule has 0 unspecified atom stereocenters. The maximum Gasteiger partial charge on any atom is 0.317 e. The molecule has 2 aromatic rings. The number of carboxylic acid groups (broad SMARTS) is 1. The highest BCUT2D eigenvalue weighted by Gasteiger charge is 2.17. The first kappa shape index (κ1) is 14.6. The third-order valence-electron chi connectivity index (χ3n) is 2.46. The summed E-state index contributed by atoms with van der Waals surface area (Å²) in [5, 5.41) is 12.5. The summed E-state index contributed by atoms with van der Waals surface area (Å²) in [6.07, 6.45) is 1.59. The Morgan fingerprint density at radius 2 is 2.14 bits per heavy atom. The topological polar surface area (TPSA) is 135 Å². The van der Waals surface area contributed by atoms with Gasteiger partial charge in [-0.2, -0.15) is 4.98 Å². The molecule has 1 amide bonds. The Hall–Kier alpha value is -2.81. The molecule has 21 heavy (non-hydrogen) atoms. The van der Waals surface area contributed by atoms with Gasteiger partial charge in [0, 0.05) is 6.20 Å². The van der Waals surface area contributed by atoms with Crippen LogP contribution in [0.5, 0.6) is 0 Å². The number of carboxylic acids is 1. The molecule has 0 bridgehead atoms. The number of hydrogen-bond acceptors (Lipinski definition) is 7. The van der Waals surface area contributed by atoms with E-state index in [0.29, 0.717) is 11.5 Å². The number of aromatic nitrogens is 3. The molecule has 2 rings (SSSR count). The van der Waals surface area contributed by atoms with Crippen molar-refractivity contribution in [2.24, 2.45) is 5.73 Å². The van der Waals surface area contributed by atoms with Gasteiger partial charge in [-0.25, -0.2) is 0 Å². The number of rotatable bonds is 7. The van der Waals surface area contributed by atoms with Gasteiger partial charge in [0.25, 0.3) is 0 Å². The lowest BCUT2D eigenvalue weighted by Crippen LogP contribution is -2.36. The number of carbonyl (C=O) groups excluding carboxylic acids is 1. The van der Waals surface area contributed by atoms with Crippen LogP contribution in [-0.4, -0.2) is 50.1 Å². The third-order valence-corrected chi connectivity index (χ3v) is 2.46. The van der Waals surface area contributed by atoms with E-state index in [9.17, 15) is 9.59 Å². The fourth-order valence-electron chi connectivity index (χ4n) is 1.69. The zero-order valence-electron chi connectivity index (χ0n) is 11.0. The lowest BCUT2D eigenvalue weighted by molar-refractivity contribution is -0.138. The first-order chi connectivity index (χ1) is 10.0. The Morgan fingerprint density at radius 3 is 2.76 bits per heavy atom. The number of pyridine rings is 1. The summed E-state index contributed by atoms with van der Waals surface area (Å²) in [5.74, 6) is -1.25. The second kappa shape index (κ2) is 6.57. The number of nitrogens with two attached hydrogens (primary N) is 1. The molecule has 0 saturated carbocycles. The summed E-state index contributed by atoms with van der Waals surface area (Å²) in [7, 11) is 0. The van der Waals surface area contributed by atoms with Gasteiger partial charge >= 0.3 is 5.97 Å². The van der Waals surface area contributed by atoms with Crippen LogP contribution >= 0.6 is 0 Å². The van der Waals surface area contributed by atoms with Crippen LogP contribution in [0, 0.1) is 0 Å². The summed E-state index contributed by atoms with van der Waals surface area (Å²) in [5.41, 5.74) is 5.60. The van der Waals surface area contributed by atoms with Crippen LogP contribution in [0.1, 0.15) is 5.89 Å². The number of carbonyl (C=O) groups is 2. The van der Waals surface area contributed by atoms with Crippen LogP contribution in [0.15, 0.2) is 28.9 Å². The molecule has 110 valence electrons. The summed E-state index contributed by atoms with van der Waals surface area (Å²) in [6.45, 7) is -0.563. The van der Waals surface area contributed by atoms with E-state index in [2.05, 4.69) is 15.1 Å². The van der Waals surface area contributed by atoms with Gasteiger partial charge in [-0.05, 0) is 12.1 Å². The van der Waals surface area contributed by atoms with Gasteiger partial charge in [0.05, 0.1) is 19.6 Å². The standard InChI is InChI=1S/C12H13N5O4/c13-9(18)5-17(7-11(19)20)6-10-15-12(16-21-10)8-3-1-2-4-14-8/h1-4H,5-7H2,(H2,13,18)(H,19,20). The molecule has 3 N–H and O–H groups in total. The SMILES string of the molecule is NC(=O)CN(CC(=O)O)Cc1nc(-c2ccccn2)no1. The van der Waals surface area contributed by atoms with Crippen molar-refractivity contribution < 1.29 is 19.2 Å². The predicted molar refractivity (Wildman–Crippen MR) is 69.6 cm³/mol. The Balaban J connectivity index is 2.09. The number of aliphatic carboxylic acids is 1. The summed E-state index contributed by atoms with van der Waals surface area (Å²) in [6, 6.07) is 5.25. The molecule has 0 aliphatic rings. The van der Waals surface area contributed by atoms with E-state index in [4.69, 9.17) is 15.4 Å². The van der Waals surface area contributed by atoms with E-state index in [1.54, 1.807) is 24.4 Å². The molecule has 9 nitrogen and oxygen atoms in total. The summed E-state index contributed by atoms with van der Waals surface area (Å²) >= 11 is 0. The lowest BCUT2D eigenvalue weighted by Gasteiger charge is -2.15. The Morgan fingerprint density at radius 1 is 1.33 bits per heavy atom. The van der Waals surface area contributed by atoms with Crippen molar-refractivity contribution >= 4 is 11.9 Å². The minimum absolute atomic E-state index is 0.00900. The maximum absolute atomic E-state index is 10.9. The van der Waals surface area contributed by atoms with Gasteiger partial charge in [0.2, 0.25) is 17.6 Å². The van der Waals surface area contributed by atoms with Gasteiger partial charge < -0.3 is 15.4 Å². The third kappa shape index (κ3) is 4.35. The largest absolute Gasteiger partial charge is 0.480 e. The molecule has 0 saturated heterocycles. The highest BCUT2D eigenvalue weighted by molar-refractivity contribution is 5.77. The van der Waals surface area contributed by atoms with E-state index in [1.165, 1.54) is 4.90 Å². The molecule has 0 aromatic carbocycles. The van der Waals surface area contributed by atoms with Crippen molar-refractivity contribution in [1.29, 1.82) is 0 Å². The average Bonchev–Trinajstić information content (AvgIpc) is 2.86. The Labute approximate surface area is 119 Å². The molecule has 0 aliphatic heterocycles. The molecule has 0 radical (unpaired) electrons. The first-order valence-electron chi connectivity index (χ1n) is 6.01. The summed E-state index contributed by atoms with van der Waals surface area (Å²) in [4.78, 5) is 31.1. The fourth-order valence-corrected chi connectivity index (χ4v) is 1.69. The fraction of sp³-hybridized carbons (Fsp3) is 0.250. The van der Waals surface area contributed by atoms with E-state index < -0.39 is 11.9 Å². The molecule has 2 heterocycles. The van der Waals surface area contributed by atoms with E-state index >= 15 is 0 Å². The van der Waals surface area contributed by atoms with Gasteiger partial charge in [-0.3, -0.25) is 19.5 Å². The normalized spacial score (nSPS) is 10.7.